The van der Waals surface area contributed by atoms with E-state index in [1.807, 2.05) is 64.7 Å². The van der Waals surface area contributed by atoms with E-state index in [0.29, 0.717) is 39.0 Å². The number of aromatic nitrogens is 2. The lowest BCUT2D eigenvalue weighted by Crippen LogP contribution is -2.51. The predicted molar refractivity (Wildman–Crippen MR) is 122 cm³/mol. The van der Waals surface area contributed by atoms with Gasteiger partial charge in [0.05, 0.1) is 6.42 Å². The number of para-hydroxylation sites is 2. The first-order valence-corrected chi connectivity index (χ1v) is 10.8. The number of rotatable bonds is 5. The Balaban J connectivity index is 1.13. The van der Waals surface area contributed by atoms with Gasteiger partial charge in [-0.15, -0.1) is 0 Å². The Morgan fingerprint density at radius 2 is 1.23 bits per heavy atom. The molecule has 2 amide bonds. The summed E-state index contributed by atoms with van der Waals surface area (Å²) in [6.45, 7) is 2.40. The zero-order chi connectivity index (χ0) is 21.2. The molecule has 0 spiro atoms. The van der Waals surface area contributed by atoms with E-state index in [1.54, 1.807) is 0 Å². The Labute approximate surface area is 180 Å². The van der Waals surface area contributed by atoms with Gasteiger partial charge in [-0.3, -0.25) is 9.59 Å². The molecule has 0 saturated carbocycles. The molecule has 0 bridgehead atoms. The lowest BCUT2D eigenvalue weighted by Gasteiger charge is -2.35. The van der Waals surface area contributed by atoms with Gasteiger partial charge in [0, 0.05) is 66.8 Å². The van der Waals surface area contributed by atoms with Gasteiger partial charge in [-0.25, -0.2) is 0 Å². The van der Waals surface area contributed by atoms with E-state index < -0.39 is 0 Å². The van der Waals surface area contributed by atoms with Crippen LogP contribution < -0.4 is 0 Å². The number of nitrogens with one attached hydrogen (secondary N) is 2. The van der Waals surface area contributed by atoms with Gasteiger partial charge in [-0.05, 0) is 29.7 Å². The van der Waals surface area contributed by atoms with E-state index >= 15 is 0 Å². The molecule has 31 heavy (non-hydrogen) atoms. The number of piperazine rings is 1. The van der Waals surface area contributed by atoms with Gasteiger partial charge in [0.15, 0.2) is 0 Å². The molecule has 1 aliphatic rings. The fourth-order valence-electron chi connectivity index (χ4n) is 4.50. The number of aryl methyl sites for hydroxylation is 1. The zero-order valence-electron chi connectivity index (χ0n) is 17.4. The van der Waals surface area contributed by atoms with Crippen molar-refractivity contribution in [3.05, 3.63) is 72.1 Å². The van der Waals surface area contributed by atoms with E-state index in [4.69, 9.17) is 0 Å². The number of fused-ring (bicyclic) bond motifs is 2. The molecule has 5 rings (SSSR count). The third-order valence-electron chi connectivity index (χ3n) is 6.28. The van der Waals surface area contributed by atoms with Gasteiger partial charge < -0.3 is 19.8 Å². The molecule has 2 aromatic heterocycles. The number of aromatic amines is 2. The number of amides is 2. The van der Waals surface area contributed by atoms with Gasteiger partial charge >= 0.3 is 0 Å². The van der Waals surface area contributed by atoms with Gasteiger partial charge in [-0.1, -0.05) is 36.4 Å². The van der Waals surface area contributed by atoms with Crippen molar-refractivity contribution in [2.24, 2.45) is 0 Å². The van der Waals surface area contributed by atoms with Crippen molar-refractivity contribution in [3.8, 4) is 0 Å². The lowest BCUT2D eigenvalue weighted by atomic mass is 10.1. The lowest BCUT2D eigenvalue weighted by molar-refractivity contribution is -0.139. The number of hydrogen-bond acceptors (Lipinski definition) is 2. The summed E-state index contributed by atoms with van der Waals surface area (Å²) in [6, 6.07) is 16.2. The smallest absolute Gasteiger partial charge is 0.227 e. The molecule has 1 aliphatic heterocycles. The summed E-state index contributed by atoms with van der Waals surface area (Å²) in [7, 11) is 0. The van der Waals surface area contributed by atoms with Crippen LogP contribution in [-0.2, 0) is 22.4 Å². The zero-order valence-corrected chi connectivity index (χ0v) is 17.4. The van der Waals surface area contributed by atoms with E-state index in [0.717, 1.165) is 28.4 Å². The summed E-state index contributed by atoms with van der Waals surface area (Å²) in [5.41, 5.74) is 4.36. The van der Waals surface area contributed by atoms with Crippen molar-refractivity contribution in [2.75, 3.05) is 26.2 Å². The summed E-state index contributed by atoms with van der Waals surface area (Å²) in [4.78, 5) is 35.8. The average molecular weight is 415 g/mol. The van der Waals surface area contributed by atoms with Crippen LogP contribution in [0.25, 0.3) is 21.8 Å². The van der Waals surface area contributed by atoms with Crippen LogP contribution in [0.15, 0.2) is 60.9 Å². The maximum Gasteiger partial charge on any atom is 0.227 e. The average Bonchev–Trinajstić information content (AvgIpc) is 3.42. The van der Waals surface area contributed by atoms with Crippen LogP contribution in [0, 0.1) is 0 Å². The number of H-pyrrole nitrogens is 2. The van der Waals surface area contributed by atoms with Crippen molar-refractivity contribution in [1.29, 1.82) is 0 Å². The van der Waals surface area contributed by atoms with Crippen molar-refractivity contribution >= 4 is 33.6 Å². The van der Waals surface area contributed by atoms with Crippen LogP contribution in [0.2, 0.25) is 0 Å². The molecule has 6 heteroatoms. The van der Waals surface area contributed by atoms with Crippen LogP contribution in [-0.4, -0.2) is 57.8 Å². The van der Waals surface area contributed by atoms with E-state index in [2.05, 4.69) is 16.0 Å². The third kappa shape index (κ3) is 3.93. The number of carbonyl (C=O) groups is 2. The molecule has 0 aliphatic carbocycles. The van der Waals surface area contributed by atoms with Gasteiger partial charge in [0.25, 0.3) is 0 Å². The number of hydrogen-bond donors (Lipinski definition) is 2. The Hall–Kier alpha value is -3.54. The van der Waals surface area contributed by atoms with E-state index in [-0.39, 0.29) is 11.8 Å². The fraction of sp³-hybridized carbons (Fsp3) is 0.280. The van der Waals surface area contributed by atoms with Crippen LogP contribution in [0.4, 0.5) is 0 Å². The highest BCUT2D eigenvalue weighted by Crippen LogP contribution is 2.21. The molecule has 1 saturated heterocycles. The quantitative estimate of drug-likeness (QED) is 0.525. The highest BCUT2D eigenvalue weighted by atomic mass is 16.2. The molecule has 1 fully saturated rings. The molecule has 3 heterocycles. The fourth-order valence-corrected chi connectivity index (χ4v) is 4.50. The first-order chi connectivity index (χ1) is 15.2. The molecule has 2 N–H and O–H groups in total. The van der Waals surface area contributed by atoms with Crippen LogP contribution in [0.1, 0.15) is 17.5 Å². The van der Waals surface area contributed by atoms with Crippen LogP contribution >= 0.6 is 0 Å². The van der Waals surface area contributed by atoms with Crippen LogP contribution in [0.5, 0.6) is 0 Å². The first kappa shape index (κ1) is 19.4. The number of nitrogens with zero attached hydrogens (tertiary/aromatic N) is 2. The summed E-state index contributed by atoms with van der Waals surface area (Å²) in [5.74, 6) is 0.282. The summed E-state index contributed by atoms with van der Waals surface area (Å²) in [5, 5.41) is 2.28. The topological polar surface area (TPSA) is 72.2 Å². The maximum atomic E-state index is 12.8. The van der Waals surface area contributed by atoms with Crippen molar-refractivity contribution < 1.29 is 9.59 Å². The minimum atomic E-state index is 0.121. The van der Waals surface area contributed by atoms with Crippen LogP contribution in [0.3, 0.4) is 0 Å². The SMILES string of the molecule is O=C(CCc1c[nH]c2ccccc12)N1CCN(C(=O)Cc2c[nH]c3ccccc23)CC1. The molecule has 6 nitrogen and oxygen atoms in total. The molecule has 2 aromatic carbocycles. The van der Waals surface area contributed by atoms with Crippen molar-refractivity contribution in [2.45, 2.75) is 19.3 Å². The molecule has 158 valence electrons. The van der Waals surface area contributed by atoms with Gasteiger partial charge in [0.1, 0.15) is 0 Å². The molecule has 0 atom stereocenters. The largest absolute Gasteiger partial charge is 0.361 e. The predicted octanol–water partition coefficient (Wildman–Crippen LogP) is 3.50. The number of carbonyl (C=O) groups excluding carboxylic acids is 2. The standard InChI is InChI=1S/C25H26N4O2/c30-24(10-9-18-16-26-22-7-3-1-5-20(18)22)28-11-13-29(14-12-28)25(31)15-19-17-27-23-8-4-2-6-21(19)23/h1-8,16-17,26-27H,9-15H2. The highest BCUT2D eigenvalue weighted by molar-refractivity contribution is 5.89. The minimum Gasteiger partial charge on any atom is -0.361 e. The normalized spacial score (nSPS) is 14.5. The molecule has 4 aromatic rings. The minimum absolute atomic E-state index is 0.121. The summed E-state index contributed by atoms with van der Waals surface area (Å²) >= 11 is 0. The highest BCUT2D eigenvalue weighted by Gasteiger charge is 2.24. The Morgan fingerprint density at radius 3 is 1.87 bits per heavy atom. The Morgan fingerprint density at radius 1 is 0.710 bits per heavy atom. The van der Waals surface area contributed by atoms with E-state index in [9.17, 15) is 9.59 Å². The van der Waals surface area contributed by atoms with Crippen molar-refractivity contribution in [3.63, 3.8) is 0 Å². The Kier molecular flexibility index (Phi) is 5.20. The summed E-state index contributed by atoms with van der Waals surface area (Å²) in [6.07, 6.45) is 5.53. The van der Waals surface area contributed by atoms with E-state index in [1.165, 1.54) is 10.9 Å². The summed E-state index contributed by atoms with van der Waals surface area (Å²) < 4.78 is 0. The second-order valence-electron chi connectivity index (χ2n) is 8.16. The monoisotopic (exact) mass is 414 g/mol. The van der Waals surface area contributed by atoms with Gasteiger partial charge in [-0.2, -0.15) is 0 Å². The molecule has 0 unspecified atom stereocenters. The van der Waals surface area contributed by atoms with Gasteiger partial charge in [0.2, 0.25) is 11.8 Å². The Bertz CT molecular complexity index is 1230. The molecule has 0 radical (unpaired) electrons. The number of benzene rings is 2. The molecular weight excluding hydrogens is 388 g/mol. The third-order valence-corrected chi connectivity index (χ3v) is 6.28. The second kappa shape index (κ2) is 8.30. The maximum absolute atomic E-state index is 12.8. The molecular formula is C25H26N4O2. The second-order valence-corrected chi connectivity index (χ2v) is 8.16. The van der Waals surface area contributed by atoms with Crippen molar-refractivity contribution in [1.82, 2.24) is 19.8 Å². The first-order valence-electron chi connectivity index (χ1n) is 10.8.